The van der Waals surface area contributed by atoms with E-state index in [1.54, 1.807) is 17.6 Å². The van der Waals surface area contributed by atoms with Crippen molar-refractivity contribution >= 4 is 33.8 Å². The molecule has 1 amide bonds. The lowest BCUT2D eigenvalue weighted by Crippen LogP contribution is -2.46. The van der Waals surface area contributed by atoms with Crippen LogP contribution in [0.1, 0.15) is 58.4 Å². The van der Waals surface area contributed by atoms with Gasteiger partial charge in [0, 0.05) is 37.5 Å². The van der Waals surface area contributed by atoms with Crippen LogP contribution < -0.4 is 15.8 Å². The Hall–Kier alpha value is -3.10. The number of hydrogen-bond acceptors (Lipinski definition) is 6. The minimum Gasteiger partial charge on any atom is -0.444 e. The number of pyridine rings is 1. The monoisotopic (exact) mass is 456 g/mol. The van der Waals surface area contributed by atoms with E-state index in [9.17, 15) is 9.59 Å². The largest absolute Gasteiger partial charge is 0.444 e. The number of amides is 1. The summed E-state index contributed by atoms with van der Waals surface area (Å²) in [6, 6.07) is 3.31. The first-order valence-corrected chi connectivity index (χ1v) is 11.5. The predicted molar refractivity (Wildman–Crippen MR) is 123 cm³/mol. The molecule has 9 heteroatoms. The highest BCUT2D eigenvalue weighted by molar-refractivity contribution is 6.02. The molecular formula is C24H29FN4O4. The number of piperidine rings is 1. The summed E-state index contributed by atoms with van der Waals surface area (Å²) >= 11 is 0. The lowest BCUT2D eigenvalue weighted by molar-refractivity contribution is 0.0497. The highest BCUT2D eigenvalue weighted by atomic mass is 19.1. The number of fused-ring (bicyclic) bond motifs is 3. The van der Waals surface area contributed by atoms with Crippen LogP contribution in [-0.2, 0) is 4.74 Å². The summed E-state index contributed by atoms with van der Waals surface area (Å²) < 4.78 is 28.1. The van der Waals surface area contributed by atoms with Crippen molar-refractivity contribution < 1.29 is 18.3 Å². The molecule has 3 heterocycles. The first-order valence-electron chi connectivity index (χ1n) is 11.5. The summed E-state index contributed by atoms with van der Waals surface area (Å²) in [6.07, 6.45) is 2.76. The summed E-state index contributed by atoms with van der Waals surface area (Å²) in [5, 5.41) is 3.48. The average molecular weight is 457 g/mol. The topological polar surface area (TPSA) is 89.6 Å². The second kappa shape index (κ2) is 7.74. The molecule has 2 fully saturated rings. The average Bonchev–Trinajstić information content (AvgIpc) is 3.47. The number of halogens is 1. The van der Waals surface area contributed by atoms with Gasteiger partial charge in [0.15, 0.2) is 17.0 Å². The van der Waals surface area contributed by atoms with Crippen molar-refractivity contribution in [3.63, 3.8) is 0 Å². The molecule has 33 heavy (non-hydrogen) atoms. The number of oxazole rings is 1. The zero-order chi connectivity index (χ0) is 23.5. The predicted octanol–water partition coefficient (Wildman–Crippen LogP) is 4.42. The third-order valence-corrected chi connectivity index (χ3v) is 6.19. The van der Waals surface area contributed by atoms with Gasteiger partial charge in [0.05, 0.1) is 11.2 Å². The van der Waals surface area contributed by atoms with Gasteiger partial charge in [-0.05, 0) is 58.6 Å². The normalized spacial score (nSPS) is 17.7. The van der Waals surface area contributed by atoms with Crippen LogP contribution in [0, 0.1) is 12.7 Å². The number of carbonyl (C=O) groups excluding carboxylic acids is 1. The summed E-state index contributed by atoms with van der Waals surface area (Å²) in [5.41, 5.74) is 1.00. The van der Waals surface area contributed by atoms with Gasteiger partial charge in [-0.1, -0.05) is 0 Å². The summed E-state index contributed by atoms with van der Waals surface area (Å²) in [5.74, 6) is 0.0263. The number of aryl methyl sites for hydroxylation is 1. The van der Waals surface area contributed by atoms with Crippen LogP contribution >= 0.6 is 0 Å². The minimum atomic E-state index is -0.552. The smallest absolute Gasteiger partial charge is 0.407 e. The van der Waals surface area contributed by atoms with E-state index in [0.29, 0.717) is 54.0 Å². The molecule has 0 atom stereocenters. The number of carbonyl (C=O) groups is 1. The van der Waals surface area contributed by atoms with E-state index in [1.165, 1.54) is 6.07 Å². The Labute approximate surface area is 190 Å². The lowest BCUT2D eigenvalue weighted by atomic mass is 10.0. The highest BCUT2D eigenvalue weighted by Gasteiger charge is 2.31. The van der Waals surface area contributed by atoms with Crippen molar-refractivity contribution in [3.05, 3.63) is 34.2 Å². The fourth-order valence-electron chi connectivity index (χ4n) is 4.59. The maximum Gasteiger partial charge on any atom is 0.407 e. The van der Waals surface area contributed by atoms with Gasteiger partial charge in [0.2, 0.25) is 0 Å². The number of aromatic nitrogens is 2. The zero-order valence-corrected chi connectivity index (χ0v) is 19.4. The molecule has 2 aliphatic rings. The van der Waals surface area contributed by atoms with Crippen LogP contribution in [0.2, 0.25) is 0 Å². The van der Waals surface area contributed by atoms with E-state index in [1.807, 2.05) is 25.7 Å². The molecule has 1 saturated carbocycles. The number of benzene rings is 1. The van der Waals surface area contributed by atoms with Gasteiger partial charge >= 0.3 is 6.09 Å². The standard InChI is InChI=1S/C24H29FN4O4/c1-13-26-20-21(32-13)16-11-17(25)19(12-18(16)29(22(20)30)15-5-6-15)28-9-7-14(8-10-28)27-23(31)33-24(2,3)4/h11-12,14-15H,5-10H2,1-4H3,(H,27,31). The number of rotatable bonds is 3. The van der Waals surface area contributed by atoms with Gasteiger partial charge in [-0.25, -0.2) is 14.2 Å². The third-order valence-electron chi connectivity index (χ3n) is 6.19. The molecule has 1 aliphatic heterocycles. The zero-order valence-electron chi connectivity index (χ0n) is 19.4. The number of anilines is 1. The highest BCUT2D eigenvalue weighted by Crippen LogP contribution is 2.39. The quantitative estimate of drug-likeness (QED) is 0.628. The second-order valence-electron chi connectivity index (χ2n) is 10.0. The fraction of sp³-hybridized carbons (Fsp3) is 0.542. The molecule has 3 aromatic rings. The molecule has 0 bridgehead atoms. The van der Waals surface area contributed by atoms with Crippen molar-refractivity contribution in [1.29, 1.82) is 0 Å². The molecule has 2 aromatic heterocycles. The van der Waals surface area contributed by atoms with E-state index >= 15 is 4.39 Å². The minimum absolute atomic E-state index is 0.0268. The Bertz CT molecular complexity index is 1290. The van der Waals surface area contributed by atoms with Gasteiger partial charge in [-0.3, -0.25) is 4.79 Å². The molecule has 1 N–H and O–H groups in total. The van der Waals surface area contributed by atoms with Crippen molar-refractivity contribution in [2.45, 2.75) is 71.1 Å². The number of nitrogens with one attached hydrogen (secondary N) is 1. The Balaban J connectivity index is 1.44. The first-order chi connectivity index (χ1) is 15.6. The lowest BCUT2D eigenvalue weighted by Gasteiger charge is -2.34. The van der Waals surface area contributed by atoms with Crippen molar-refractivity contribution in [3.8, 4) is 0 Å². The second-order valence-corrected chi connectivity index (χ2v) is 10.0. The summed E-state index contributed by atoms with van der Waals surface area (Å²) in [6.45, 7) is 8.33. The van der Waals surface area contributed by atoms with Crippen molar-refractivity contribution in [2.75, 3.05) is 18.0 Å². The van der Waals surface area contributed by atoms with Crippen LogP contribution in [0.15, 0.2) is 21.3 Å². The van der Waals surface area contributed by atoms with Crippen LogP contribution in [0.25, 0.3) is 22.0 Å². The Morgan fingerprint density at radius 1 is 1.21 bits per heavy atom. The maximum absolute atomic E-state index is 15.3. The van der Waals surface area contributed by atoms with Crippen molar-refractivity contribution in [1.82, 2.24) is 14.9 Å². The molecule has 8 nitrogen and oxygen atoms in total. The van der Waals surface area contributed by atoms with E-state index in [2.05, 4.69) is 10.3 Å². The van der Waals surface area contributed by atoms with Gasteiger partial charge in [0.25, 0.3) is 5.56 Å². The van der Waals surface area contributed by atoms with Gasteiger partial charge in [-0.15, -0.1) is 0 Å². The van der Waals surface area contributed by atoms with E-state index in [-0.39, 0.29) is 29.0 Å². The molecule has 0 unspecified atom stereocenters. The van der Waals surface area contributed by atoms with Crippen molar-refractivity contribution in [2.24, 2.45) is 0 Å². The van der Waals surface area contributed by atoms with Gasteiger partial charge in [-0.2, -0.15) is 0 Å². The maximum atomic E-state index is 15.3. The number of nitrogens with zero attached hydrogens (tertiary/aromatic N) is 3. The van der Waals surface area contributed by atoms with Crippen LogP contribution in [0.4, 0.5) is 14.9 Å². The molecule has 0 spiro atoms. The Morgan fingerprint density at radius 3 is 2.55 bits per heavy atom. The van der Waals surface area contributed by atoms with Crippen LogP contribution in [0.3, 0.4) is 0 Å². The van der Waals surface area contributed by atoms with Crippen LogP contribution in [-0.4, -0.2) is 40.4 Å². The summed E-state index contributed by atoms with van der Waals surface area (Å²) in [4.78, 5) is 31.4. The van der Waals surface area contributed by atoms with Crippen LogP contribution in [0.5, 0.6) is 0 Å². The SMILES string of the molecule is Cc1nc2c(=O)n(C3CC3)c3cc(N4CCC(NC(=O)OC(C)(C)C)CC4)c(F)cc3c2o1. The number of alkyl carbamates (subject to hydrolysis) is 1. The summed E-state index contributed by atoms with van der Waals surface area (Å²) in [7, 11) is 0. The number of hydrogen-bond donors (Lipinski definition) is 1. The fourth-order valence-corrected chi connectivity index (χ4v) is 4.59. The first kappa shape index (κ1) is 21.7. The molecule has 1 aromatic carbocycles. The van der Waals surface area contributed by atoms with E-state index < -0.39 is 11.7 Å². The Morgan fingerprint density at radius 2 is 1.91 bits per heavy atom. The molecular weight excluding hydrogens is 427 g/mol. The molecule has 176 valence electrons. The van der Waals surface area contributed by atoms with E-state index in [0.717, 1.165) is 12.8 Å². The van der Waals surface area contributed by atoms with E-state index in [4.69, 9.17) is 9.15 Å². The molecule has 0 radical (unpaired) electrons. The number of ether oxygens (including phenoxy) is 1. The molecule has 1 aliphatic carbocycles. The molecule has 5 rings (SSSR count). The van der Waals surface area contributed by atoms with Gasteiger partial charge in [0.1, 0.15) is 11.4 Å². The van der Waals surface area contributed by atoms with Gasteiger partial charge < -0.3 is 23.9 Å². The molecule has 1 saturated heterocycles. The third kappa shape index (κ3) is 4.16. The Kier molecular flexibility index (Phi) is 5.10.